The monoisotopic (exact) mass is 201 g/mol. The van der Waals surface area contributed by atoms with Crippen molar-refractivity contribution in [2.24, 2.45) is 10.9 Å². The molecule has 0 aromatic carbocycles. The first-order chi connectivity index (χ1) is 6.58. The van der Waals surface area contributed by atoms with Gasteiger partial charge in [-0.25, -0.2) is 0 Å². The maximum Gasteiger partial charge on any atom is 0.156 e. The van der Waals surface area contributed by atoms with E-state index in [4.69, 9.17) is 10.9 Å². The molecular weight excluding hydrogens is 178 g/mol. The van der Waals surface area contributed by atoms with Gasteiger partial charge in [0.25, 0.3) is 0 Å². The molecule has 3 N–H and O–H groups in total. The van der Waals surface area contributed by atoms with Crippen LogP contribution in [0.15, 0.2) is 5.16 Å². The van der Waals surface area contributed by atoms with Gasteiger partial charge in [0.2, 0.25) is 0 Å². The summed E-state index contributed by atoms with van der Waals surface area (Å²) < 4.78 is 0. The van der Waals surface area contributed by atoms with Gasteiger partial charge < -0.3 is 10.9 Å². The van der Waals surface area contributed by atoms with Gasteiger partial charge in [-0.05, 0) is 33.2 Å². The van der Waals surface area contributed by atoms with Crippen LogP contribution in [0.3, 0.4) is 0 Å². The number of oxime groups is 1. The second-order valence-corrected chi connectivity index (χ2v) is 3.78. The molecule has 0 aromatic rings. The molecule has 0 rings (SSSR count). The highest BCUT2D eigenvalue weighted by molar-refractivity contribution is 5.85. The Labute approximate surface area is 86.8 Å². The van der Waals surface area contributed by atoms with Crippen LogP contribution < -0.4 is 5.73 Å². The largest absolute Gasteiger partial charge is 0.409 e. The van der Waals surface area contributed by atoms with Gasteiger partial charge in [-0.15, -0.1) is 0 Å². The van der Waals surface area contributed by atoms with Gasteiger partial charge in [0, 0.05) is 6.04 Å². The van der Waals surface area contributed by atoms with Crippen molar-refractivity contribution in [3.63, 3.8) is 0 Å². The molecule has 0 saturated heterocycles. The highest BCUT2D eigenvalue weighted by Crippen LogP contribution is 2.10. The first kappa shape index (κ1) is 13.2. The van der Waals surface area contributed by atoms with Crippen LogP contribution >= 0.6 is 0 Å². The van der Waals surface area contributed by atoms with E-state index in [-0.39, 0.29) is 6.04 Å². The van der Waals surface area contributed by atoms with Gasteiger partial charge in [0.15, 0.2) is 5.84 Å². The maximum atomic E-state index is 8.67. The number of amidine groups is 1. The van der Waals surface area contributed by atoms with E-state index < -0.39 is 0 Å². The summed E-state index contributed by atoms with van der Waals surface area (Å²) in [6, 6.07) is 0.472. The Kier molecular flexibility index (Phi) is 6.28. The van der Waals surface area contributed by atoms with Gasteiger partial charge in [0.05, 0.1) is 6.04 Å². The van der Waals surface area contributed by atoms with Crippen LogP contribution in [0.5, 0.6) is 0 Å². The van der Waals surface area contributed by atoms with Crippen molar-refractivity contribution in [3.8, 4) is 0 Å². The van der Waals surface area contributed by atoms with E-state index in [1.165, 1.54) is 0 Å². The zero-order valence-corrected chi connectivity index (χ0v) is 9.70. The first-order valence-corrected chi connectivity index (χ1v) is 5.31. The zero-order valence-electron chi connectivity index (χ0n) is 9.70. The third-order valence-corrected chi connectivity index (χ3v) is 2.39. The number of nitrogens with two attached hydrogens (primary N) is 1. The molecule has 0 saturated carbocycles. The SMILES string of the molecule is CCCN(C(C)C)C(CC)C(N)=NO. The molecule has 0 bridgehead atoms. The van der Waals surface area contributed by atoms with Crippen LogP contribution in [0, 0.1) is 0 Å². The van der Waals surface area contributed by atoms with Crippen LogP contribution in [0.2, 0.25) is 0 Å². The fraction of sp³-hybridized carbons (Fsp3) is 0.900. The summed E-state index contributed by atoms with van der Waals surface area (Å²) in [6.45, 7) is 9.42. The Balaban J connectivity index is 4.58. The van der Waals surface area contributed by atoms with E-state index in [0.29, 0.717) is 11.9 Å². The van der Waals surface area contributed by atoms with E-state index >= 15 is 0 Å². The highest BCUT2D eigenvalue weighted by atomic mass is 16.4. The van der Waals surface area contributed by atoms with Gasteiger partial charge in [-0.3, -0.25) is 4.90 Å². The fourth-order valence-electron chi connectivity index (χ4n) is 1.71. The van der Waals surface area contributed by atoms with E-state index in [2.05, 4.69) is 30.8 Å². The smallest absolute Gasteiger partial charge is 0.156 e. The van der Waals surface area contributed by atoms with E-state index in [0.717, 1.165) is 19.4 Å². The summed E-state index contributed by atoms with van der Waals surface area (Å²) in [4.78, 5) is 2.26. The molecule has 0 aliphatic heterocycles. The summed E-state index contributed by atoms with van der Waals surface area (Å²) in [7, 11) is 0. The lowest BCUT2D eigenvalue weighted by Crippen LogP contribution is -2.48. The van der Waals surface area contributed by atoms with Crippen LogP contribution in [-0.2, 0) is 0 Å². The van der Waals surface area contributed by atoms with Gasteiger partial charge in [0.1, 0.15) is 0 Å². The summed E-state index contributed by atoms with van der Waals surface area (Å²) in [5.74, 6) is 0.314. The lowest BCUT2D eigenvalue weighted by molar-refractivity contribution is 0.184. The molecule has 0 amide bonds. The highest BCUT2D eigenvalue weighted by Gasteiger charge is 2.22. The lowest BCUT2D eigenvalue weighted by Gasteiger charge is -2.33. The normalized spacial score (nSPS) is 15.1. The predicted octanol–water partition coefficient (Wildman–Crippen LogP) is 1.63. The van der Waals surface area contributed by atoms with Crippen LogP contribution in [0.1, 0.15) is 40.5 Å². The molecule has 0 heterocycles. The summed E-state index contributed by atoms with van der Waals surface area (Å²) in [5, 5.41) is 11.8. The average molecular weight is 201 g/mol. The summed E-state index contributed by atoms with van der Waals surface area (Å²) >= 11 is 0. The first-order valence-electron chi connectivity index (χ1n) is 5.31. The van der Waals surface area contributed by atoms with Crippen LogP contribution in [0.25, 0.3) is 0 Å². The predicted molar refractivity (Wildman–Crippen MR) is 59.6 cm³/mol. The van der Waals surface area contributed by atoms with E-state index in [1.54, 1.807) is 0 Å². The molecule has 4 nitrogen and oxygen atoms in total. The minimum absolute atomic E-state index is 0.0555. The average Bonchev–Trinajstić information content (AvgIpc) is 2.16. The standard InChI is InChI=1S/C10H23N3O/c1-5-7-13(8(3)4)9(6-2)10(11)12-14/h8-9,14H,5-7H2,1-4H3,(H2,11,12). The Bertz CT molecular complexity index is 180. The van der Waals surface area contributed by atoms with Crippen molar-refractivity contribution in [1.82, 2.24) is 4.90 Å². The number of rotatable bonds is 6. The second kappa shape index (κ2) is 6.65. The Hall–Kier alpha value is -0.770. The quantitative estimate of drug-likeness (QED) is 0.297. The lowest BCUT2D eigenvalue weighted by atomic mass is 10.1. The third kappa shape index (κ3) is 3.54. The number of hydrogen-bond acceptors (Lipinski definition) is 3. The van der Waals surface area contributed by atoms with Crippen LogP contribution in [-0.4, -0.2) is 34.6 Å². The van der Waals surface area contributed by atoms with Crippen molar-refractivity contribution in [2.75, 3.05) is 6.54 Å². The molecule has 0 aromatic heterocycles. The van der Waals surface area contributed by atoms with Crippen molar-refractivity contribution in [3.05, 3.63) is 0 Å². The minimum Gasteiger partial charge on any atom is -0.409 e. The van der Waals surface area contributed by atoms with Gasteiger partial charge in [-0.1, -0.05) is 19.0 Å². The molecule has 0 aliphatic rings. The summed E-state index contributed by atoms with van der Waals surface area (Å²) in [5.41, 5.74) is 5.66. The van der Waals surface area contributed by atoms with Crippen molar-refractivity contribution in [1.29, 1.82) is 0 Å². The molecule has 1 atom stereocenters. The molecule has 4 heteroatoms. The summed E-state index contributed by atoms with van der Waals surface area (Å²) in [6.07, 6.45) is 1.95. The molecule has 0 fully saturated rings. The zero-order chi connectivity index (χ0) is 11.1. The van der Waals surface area contributed by atoms with Gasteiger partial charge in [-0.2, -0.15) is 0 Å². The molecule has 1 unspecified atom stereocenters. The number of hydrogen-bond donors (Lipinski definition) is 2. The molecule has 0 aliphatic carbocycles. The van der Waals surface area contributed by atoms with Gasteiger partial charge >= 0.3 is 0 Å². The van der Waals surface area contributed by atoms with E-state index in [9.17, 15) is 0 Å². The second-order valence-electron chi connectivity index (χ2n) is 3.78. The van der Waals surface area contributed by atoms with Crippen molar-refractivity contribution in [2.45, 2.75) is 52.6 Å². The Morgan fingerprint density at radius 3 is 2.29 bits per heavy atom. The molecule has 84 valence electrons. The third-order valence-electron chi connectivity index (χ3n) is 2.39. The van der Waals surface area contributed by atoms with E-state index in [1.807, 2.05) is 6.92 Å². The Morgan fingerprint density at radius 2 is 2.00 bits per heavy atom. The molecule has 0 radical (unpaired) electrons. The number of nitrogens with zero attached hydrogens (tertiary/aromatic N) is 2. The van der Waals surface area contributed by atoms with Crippen LogP contribution in [0.4, 0.5) is 0 Å². The Morgan fingerprint density at radius 1 is 1.43 bits per heavy atom. The maximum absolute atomic E-state index is 8.67. The molecule has 14 heavy (non-hydrogen) atoms. The fourth-order valence-corrected chi connectivity index (χ4v) is 1.71. The van der Waals surface area contributed by atoms with Crippen molar-refractivity contribution >= 4 is 5.84 Å². The topological polar surface area (TPSA) is 61.8 Å². The molecular formula is C10H23N3O. The minimum atomic E-state index is 0.0555. The molecule has 0 spiro atoms. The van der Waals surface area contributed by atoms with Crippen molar-refractivity contribution < 1.29 is 5.21 Å².